The molecule has 0 radical (unpaired) electrons. The first-order valence-electron chi connectivity index (χ1n) is 6.23. The first-order valence-corrected chi connectivity index (χ1v) is 7.11. The van der Waals surface area contributed by atoms with Crippen LogP contribution in [0.1, 0.15) is 34.5 Å². The normalized spacial score (nSPS) is 10.6. The van der Waals surface area contributed by atoms with Gasteiger partial charge in [-0.3, -0.25) is 9.89 Å². The van der Waals surface area contributed by atoms with E-state index in [1.807, 2.05) is 6.07 Å². The number of hydrogen-bond acceptors (Lipinski definition) is 5. The van der Waals surface area contributed by atoms with Gasteiger partial charge in [0.2, 0.25) is 0 Å². The quantitative estimate of drug-likeness (QED) is 0.747. The molecule has 2 aromatic rings. The minimum Gasteiger partial charge on any atom is -0.330 e. The number of rotatable bonds is 6. The topological polar surface area (TPSA) is 96.7 Å². The minimum atomic E-state index is -0.242. The van der Waals surface area contributed by atoms with Crippen molar-refractivity contribution in [1.29, 1.82) is 0 Å². The number of hydrogen-bond donors (Lipinski definition) is 3. The Bertz CT molecular complexity index is 548. The highest BCUT2D eigenvalue weighted by molar-refractivity contribution is 7.09. The van der Waals surface area contributed by atoms with Crippen LogP contribution in [0.2, 0.25) is 0 Å². The Hall–Kier alpha value is -1.73. The third-order valence-electron chi connectivity index (χ3n) is 2.53. The van der Waals surface area contributed by atoms with E-state index in [1.54, 1.807) is 5.38 Å². The van der Waals surface area contributed by atoms with E-state index in [1.165, 1.54) is 11.3 Å². The smallest absolute Gasteiger partial charge is 0.276 e. The lowest BCUT2D eigenvalue weighted by atomic mass is 10.2. The van der Waals surface area contributed by atoms with Crippen LogP contribution in [0.15, 0.2) is 11.4 Å². The van der Waals surface area contributed by atoms with Gasteiger partial charge in [-0.2, -0.15) is 5.10 Å². The molecular formula is C12H17N5OS. The molecule has 1 amide bonds. The van der Waals surface area contributed by atoms with Crippen LogP contribution in [0.5, 0.6) is 0 Å². The second-order valence-electron chi connectivity index (χ2n) is 4.15. The van der Waals surface area contributed by atoms with Crippen LogP contribution in [0, 0.1) is 0 Å². The van der Waals surface area contributed by atoms with E-state index in [2.05, 4.69) is 27.4 Å². The van der Waals surface area contributed by atoms with Crippen LogP contribution in [-0.2, 0) is 12.8 Å². The number of amides is 1. The van der Waals surface area contributed by atoms with Gasteiger partial charge in [0.25, 0.3) is 5.91 Å². The van der Waals surface area contributed by atoms with Crippen LogP contribution in [0.25, 0.3) is 0 Å². The Kier molecular flexibility index (Phi) is 4.64. The summed E-state index contributed by atoms with van der Waals surface area (Å²) >= 11 is 1.45. The molecule has 0 aromatic carbocycles. The second kappa shape index (κ2) is 6.44. The molecule has 0 aliphatic rings. The molecule has 2 heterocycles. The summed E-state index contributed by atoms with van der Waals surface area (Å²) in [7, 11) is 0. The summed E-state index contributed by atoms with van der Waals surface area (Å²) in [4.78, 5) is 16.2. The zero-order chi connectivity index (χ0) is 13.7. The standard InChI is InChI=1S/C12H17N5OS/c1-2-3-8-6-10(17-16-8)15-12(18)9-7-19-11(14-9)4-5-13/h6-7H,2-5,13H2,1H3,(H2,15,16,17,18). The highest BCUT2D eigenvalue weighted by atomic mass is 32.1. The van der Waals surface area contributed by atoms with E-state index >= 15 is 0 Å². The number of anilines is 1. The summed E-state index contributed by atoms with van der Waals surface area (Å²) in [6.07, 6.45) is 2.64. The second-order valence-corrected chi connectivity index (χ2v) is 5.09. The Labute approximate surface area is 115 Å². The lowest BCUT2D eigenvalue weighted by molar-refractivity contribution is 0.102. The fourth-order valence-electron chi connectivity index (χ4n) is 1.66. The molecule has 0 saturated heterocycles. The summed E-state index contributed by atoms with van der Waals surface area (Å²) in [5, 5.41) is 12.3. The van der Waals surface area contributed by atoms with Crippen LogP contribution >= 0.6 is 11.3 Å². The molecule has 0 aliphatic heterocycles. The minimum absolute atomic E-state index is 0.242. The molecule has 4 N–H and O–H groups in total. The molecule has 2 rings (SSSR count). The van der Waals surface area contributed by atoms with Crippen LogP contribution in [0.3, 0.4) is 0 Å². The number of aromatic amines is 1. The number of nitrogens with two attached hydrogens (primary N) is 1. The summed E-state index contributed by atoms with van der Waals surface area (Å²) in [5.41, 5.74) is 6.88. The van der Waals surface area contributed by atoms with Gasteiger partial charge in [0, 0.05) is 23.6 Å². The molecule has 0 fully saturated rings. The van der Waals surface area contributed by atoms with Gasteiger partial charge in [-0.25, -0.2) is 4.98 Å². The zero-order valence-electron chi connectivity index (χ0n) is 10.8. The fraction of sp³-hybridized carbons (Fsp3) is 0.417. The number of nitrogens with zero attached hydrogens (tertiary/aromatic N) is 2. The van der Waals surface area contributed by atoms with Crippen molar-refractivity contribution in [2.75, 3.05) is 11.9 Å². The highest BCUT2D eigenvalue weighted by Crippen LogP contribution is 2.13. The number of aromatic nitrogens is 3. The van der Waals surface area contributed by atoms with E-state index in [0.29, 0.717) is 24.5 Å². The molecule has 0 atom stereocenters. The van der Waals surface area contributed by atoms with Gasteiger partial charge in [-0.05, 0) is 13.0 Å². The number of aryl methyl sites for hydroxylation is 1. The van der Waals surface area contributed by atoms with Crippen molar-refractivity contribution < 1.29 is 4.79 Å². The van der Waals surface area contributed by atoms with E-state index in [4.69, 9.17) is 5.73 Å². The first-order chi connectivity index (χ1) is 9.22. The highest BCUT2D eigenvalue weighted by Gasteiger charge is 2.12. The maximum Gasteiger partial charge on any atom is 0.276 e. The van der Waals surface area contributed by atoms with Crippen molar-refractivity contribution in [3.63, 3.8) is 0 Å². The number of thiazole rings is 1. The number of carbonyl (C=O) groups excluding carboxylic acids is 1. The molecule has 0 bridgehead atoms. The maximum atomic E-state index is 11.9. The molecule has 6 nitrogen and oxygen atoms in total. The molecular weight excluding hydrogens is 262 g/mol. The van der Waals surface area contributed by atoms with Crippen molar-refractivity contribution in [3.05, 3.63) is 27.8 Å². The lowest BCUT2D eigenvalue weighted by Crippen LogP contribution is -2.13. The molecule has 0 aliphatic carbocycles. The molecule has 7 heteroatoms. The third kappa shape index (κ3) is 3.62. The van der Waals surface area contributed by atoms with Crippen molar-refractivity contribution in [2.45, 2.75) is 26.2 Å². The third-order valence-corrected chi connectivity index (χ3v) is 3.44. The average Bonchev–Trinajstić information content (AvgIpc) is 3.00. The fourth-order valence-corrected chi connectivity index (χ4v) is 2.45. The van der Waals surface area contributed by atoms with Gasteiger partial charge in [-0.15, -0.1) is 11.3 Å². The van der Waals surface area contributed by atoms with E-state index < -0.39 is 0 Å². The molecule has 2 aromatic heterocycles. The summed E-state index contributed by atoms with van der Waals surface area (Å²) in [5.74, 6) is 0.288. The zero-order valence-corrected chi connectivity index (χ0v) is 11.6. The lowest BCUT2D eigenvalue weighted by Gasteiger charge is -1.97. The van der Waals surface area contributed by atoms with Gasteiger partial charge in [0.15, 0.2) is 5.82 Å². The van der Waals surface area contributed by atoms with E-state index in [0.717, 1.165) is 23.5 Å². The monoisotopic (exact) mass is 279 g/mol. The van der Waals surface area contributed by atoms with E-state index in [-0.39, 0.29) is 5.91 Å². The van der Waals surface area contributed by atoms with Gasteiger partial charge in [0.1, 0.15) is 5.69 Å². The Morgan fingerprint density at radius 3 is 3.11 bits per heavy atom. The Balaban J connectivity index is 1.98. The molecule has 102 valence electrons. The summed E-state index contributed by atoms with van der Waals surface area (Å²) in [6, 6.07) is 1.84. The first kappa shape index (κ1) is 13.7. The predicted molar refractivity (Wildman–Crippen MR) is 75.4 cm³/mol. The van der Waals surface area contributed by atoms with Gasteiger partial charge in [0.05, 0.1) is 5.01 Å². The van der Waals surface area contributed by atoms with Gasteiger partial charge >= 0.3 is 0 Å². The summed E-state index contributed by atoms with van der Waals surface area (Å²) < 4.78 is 0. The van der Waals surface area contributed by atoms with Crippen molar-refractivity contribution in [2.24, 2.45) is 5.73 Å². The van der Waals surface area contributed by atoms with Crippen molar-refractivity contribution in [3.8, 4) is 0 Å². The Morgan fingerprint density at radius 2 is 2.37 bits per heavy atom. The number of carbonyl (C=O) groups is 1. The number of H-pyrrole nitrogens is 1. The molecule has 19 heavy (non-hydrogen) atoms. The van der Waals surface area contributed by atoms with Gasteiger partial charge in [-0.1, -0.05) is 13.3 Å². The maximum absolute atomic E-state index is 11.9. The largest absolute Gasteiger partial charge is 0.330 e. The molecule has 0 unspecified atom stereocenters. The van der Waals surface area contributed by atoms with Crippen LogP contribution < -0.4 is 11.1 Å². The van der Waals surface area contributed by atoms with E-state index in [9.17, 15) is 4.79 Å². The molecule has 0 spiro atoms. The van der Waals surface area contributed by atoms with Crippen LogP contribution in [0.4, 0.5) is 5.82 Å². The SMILES string of the molecule is CCCc1cc(NC(=O)c2csc(CCN)n2)n[nH]1. The van der Waals surface area contributed by atoms with Gasteiger partial charge < -0.3 is 11.1 Å². The van der Waals surface area contributed by atoms with Crippen molar-refractivity contribution in [1.82, 2.24) is 15.2 Å². The average molecular weight is 279 g/mol. The van der Waals surface area contributed by atoms with Crippen molar-refractivity contribution >= 4 is 23.1 Å². The number of nitrogens with one attached hydrogen (secondary N) is 2. The predicted octanol–water partition coefficient (Wildman–Crippen LogP) is 1.57. The summed E-state index contributed by atoms with van der Waals surface area (Å²) in [6.45, 7) is 2.63. The van der Waals surface area contributed by atoms with Crippen LogP contribution in [-0.4, -0.2) is 27.6 Å². The Morgan fingerprint density at radius 1 is 1.53 bits per heavy atom. The molecule has 0 saturated carbocycles.